The molecule has 2 aromatic rings. The third-order valence-corrected chi connectivity index (χ3v) is 3.16. The Bertz CT molecular complexity index is 623. The topological polar surface area (TPSA) is 39.1 Å². The highest BCUT2D eigenvalue weighted by Gasteiger charge is 2.22. The summed E-state index contributed by atoms with van der Waals surface area (Å²) in [5.74, 6) is -3.20. The number of hydrogen-bond donors (Lipinski definition) is 1. The van der Waals surface area contributed by atoms with Crippen LogP contribution in [0.4, 0.5) is 13.2 Å². The van der Waals surface area contributed by atoms with Crippen LogP contribution in [-0.4, -0.2) is 29.2 Å². The fourth-order valence-corrected chi connectivity index (χ4v) is 2.22. The maximum atomic E-state index is 13.8. The van der Waals surface area contributed by atoms with Crippen LogP contribution in [0.1, 0.15) is 11.8 Å². The normalized spacial score (nSPS) is 19.2. The summed E-state index contributed by atoms with van der Waals surface area (Å²) in [6.07, 6.45) is 2.47. The van der Waals surface area contributed by atoms with E-state index in [1.54, 1.807) is 0 Å². The molecule has 0 aliphatic carbocycles. The number of morpholine rings is 1. The van der Waals surface area contributed by atoms with Crippen LogP contribution in [0, 0.1) is 17.5 Å². The van der Waals surface area contributed by atoms with E-state index >= 15 is 0 Å². The highest BCUT2D eigenvalue weighted by molar-refractivity contribution is 5.37. The van der Waals surface area contributed by atoms with Gasteiger partial charge in [0.25, 0.3) is 0 Å². The van der Waals surface area contributed by atoms with Crippen LogP contribution in [0.25, 0.3) is 5.69 Å². The molecular formula is C13H12F3N3O. The monoisotopic (exact) mass is 283 g/mol. The minimum absolute atomic E-state index is 0.218. The maximum absolute atomic E-state index is 13.8. The Morgan fingerprint density at radius 3 is 2.90 bits per heavy atom. The van der Waals surface area contributed by atoms with Crippen molar-refractivity contribution in [2.45, 2.75) is 6.10 Å². The van der Waals surface area contributed by atoms with Gasteiger partial charge in [-0.25, -0.2) is 18.2 Å². The van der Waals surface area contributed by atoms with E-state index in [0.29, 0.717) is 24.9 Å². The quantitative estimate of drug-likeness (QED) is 0.856. The summed E-state index contributed by atoms with van der Waals surface area (Å²) in [5, 5.41) is 3.13. The Kier molecular flexibility index (Phi) is 3.45. The van der Waals surface area contributed by atoms with Crippen LogP contribution in [0.3, 0.4) is 0 Å². The second-order valence-corrected chi connectivity index (χ2v) is 4.47. The molecule has 0 spiro atoms. The molecule has 0 radical (unpaired) electrons. The molecule has 1 aliphatic rings. The number of nitrogens with zero attached hydrogens (tertiary/aromatic N) is 2. The van der Waals surface area contributed by atoms with Crippen molar-refractivity contribution in [3.8, 4) is 5.69 Å². The zero-order valence-electron chi connectivity index (χ0n) is 10.4. The molecule has 1 aromatic carbocycles. The number of imidazole rings is 1. The van der Waals surface area contributed by atoms with Gasteiger partial charge >= 0.3 is 0 Å². The van der Waals surface area contributed by atoms with E-state index in [9.17, 15) is 13.2 Å². The molecule has 7 heteroatoms. The average Bonchev–Trinajstić information content (AvgIpc) is 2.93. The smallest absolute Gasteiger partial charge is 0.183 e. The largest absolute Gasteiger partial charge is 0.369 e. The molecule has 4 nitrogen and oxygen atoms in total. The lowest BCUT2D eigenvalue weighted by Gasteiger charge is -2.24. The number of nitrogens with one attached hydrogen (secondary N) is 1. The molecule has 0 bridgehead atoms. The van der Waals surface area contributed by atoms with Crippen LogP contribution in [0.2, 0.25) is 0 Å². The van der Waals surface area contributed by atoms with Gasteiger partial charge in [-0.1, -0.05) is 0 Å². The van der Waals surface area contributed by atoms with Gasteiger partial charge in [0.2, 0.25) is 0 Å². The van der Waals surface area contributed by atoms with Crippen LogP contribution in [0.15, 0.2) is 24.7 Å². The fourth-order valence-electron chi connectivity index (χ4n) is 2.22. The molecule has 0 saturated carbocycles. The van der Waals surface area contributed by atoms with Gasteiger partial charge in [0, 0.05) is 25.2 Å². The summed E-state index contributed by atoms with van der Waals surface area (Å²) >= 11 is 0. The molecule has 2 heterocycles. The van der Waals surface area contributed by atoms with E-state index in [2.05, 4.69) is 10.3 Å². The lowest BCUT2D eigenvalue weighted by Crippen LogP contribution is -2.34. The minimum Gasteiger partial charge on any atom is -0.369 e. The predicted molar refractivity (Wildman–Crippen MR) is 65.0 cm³/mol. The third kappa shape index (κ3) is 2.30. The Morgan fingerprint density at radius 2 is 2.15 bits per heavy atom. The van der Waals surface area contributed by atoms with Crippen LogP contribution in [0.5, 0.6) is 0 Å². The number of halogens is 3. The van der Waals surface area contributed by atoms with Crippen molar-refractivity contribution in [3.05, 3.63) is 47.8 Å². The van der Waals surface area contributed by atoms with Gasteiger partial charge < -0.3 is 10.1 Å². The molecule has 1 atom stereocenters. The molecule has 1 unspecified atom stereocenters. The van der Waals surface area contributed by atoms with Crippen molar-refractivity contribution in [3.63, 3.8) is 0 Å². The molecule has 1 aromatic heterocycles. The average molecular weight is 283 g/mol. The third-order valence-electron chi connectivity index (χ3n) is 3.16. The van der Waals surface area contributed by atoms with Crippen molar-refractivity contribution in [2.75, 3.05) is 19.7 Å². The lowest BCUT2D eigenvalue weighted by atomic mass is 10.2. The zero-order chi connectivity index (χ0) is 14.1. The summed E-state index contributed by atoms with van der Waals surface area (Å²) in [6.45, 7) is 1.77. The van der Waals surface area contributed by atoms with Gasteiger partial charge in [-0.15, -0.1) is 0 Å². The highest BCUT2D eigenvalue weighted by atomic mass is 19.2. The summed E-state index contributed by atoms with van der Waals surface area (Å²) in [4.78, 5) is 3.92. The van der Waals surface area contributed by atoms with Gasteiger partial charge in [0.05, 0.1) is 30.5 Å². The second-order valence-electron chi connectivity index (χ2n) is 4.47. The van der Waals surface area contributed by atoms with E-state index in [-0.39, 0.29) is 11.8 Å². The standard InChI is InChI=1S/C13H12F3N3O/c14-8-3-9(15)13(16)10(4-8)19-7-18-5-11(19)12-6-17-1-2-20-12/h3-5,7,12,17H,1-2,6H2. The van der Waals surface area contributed by atoms with Crippen LogP contribution in [-0.2, 0) is 4.74 Å². The molecule has 1 N–H and O–H groups in total. The van der Waals surface area contributed by atoms with Crippen LogP contribution >= 0.6 is 0 Å². The highest BCUT2D eigenvalue weighted by Crippen LogP contribution is 2.25. The van der Waals surface area contributed by atoms with E-state index < -0.39 is 17.5 Å². The fraction of sp³-hybridized carbons (Fsp3) is 0.308. The Hall–Kier alpha value is -1.86. The summed E-state index contributed by atoms with van der Waals surface area (Å²) in [6, 6.07) is 1.44. The van der Waals surface area contributed by atoms with Crippen molar-refractivity contribution < 1.29 is 17.9 Å². The summed E-state index contributed by atoms with van der Waals surface area (Å²) in [7, 11) is 0. The molecular weight excluding hydrogens is 271 g/mol. The van der Waals surface area contributed by atoms with E-state index in [1.165, 1.54) is 17.1 Å². The first-order valence-corrected chi connectivity index (χ1v) is 6.16. The SMILES string of the molecule is Fc1cc(F)c(F)c(-n2cncc2C2CNCCO2)c1. The number of aromatic nitrogens is 2. The Morgan fingerprint density at radius 1 is 1.30 bits per heavy atom. The number of ether oxygens (including phenoxy) is 1. The molecule has 1 aliphatic heterocycles. The van der Waals surface area contributed by atoms with E-state index in [0.717, 1.165) is 12.6 Å². The maximum Gasteiger partial charge on any atom is 0.183 e. The number of rotatable bonds is 2. The molecule has 1 fully saturated rings. The lowest BCUT2D eigenvalue weighted by molar-refractivity contribution is 0.0240. The number of hydrogen-bond acceptors (Lipinski definition) is 3. The van der Waals surface area contributed by atoms with E-state index in [4.69, 9.17) is 4.74 Å². The first-order valence-electron chi connectivity index (χ1n) is 6.16. The summed E-state index contributed by atoms with van der Waals surface area (Å²) in [5.41, 5.74) is 0.324. The van der Waals surface area contributed by atoms with Gasteiger partial charge in [-0.05, 0) is 0 Å². The molecule has 0 amide bonds. The van der Waals surface area contributed by atoms with Gasteiger partial charge in [-0.2, -0.15) is 0 Å². The summed E-state index contributed by atoms with van der Waals surface area (Å²) < 4.78 is 47.3. The molecule has 1 saturated heterocycles. The molecule has 106 valence electrons. The zero-order valence-corrected chi connectivity index (χ0v) is 10.4. The van der Waals surface area contributed by atoms with Crippen molar-refractivity contribution >= 4 is 0 Å². The van der Waals surface area contributed by atoms with Crippen LogP contribution < -0.4 is 5.32 Å². The van der Waals surface area contributed by atoms with Crippen molar-refractivity contribution in [1.29, 1.82) is 0 Å². The van der Waals surface area contributed by atoms with E-state index in [1.807, 2.05) is 0 Å². The number of benzene rings is 1. The second kappa shape index (κ2) is 5.26. The van der Waals surface area contributed by atoms with Crippen molar-refractivity contribution in [2.24, 2.45) is 0 Å². The minimum atomic E-state index is -1.23. The van der Waals surface area contributed by atoms with Gasteiger partial charge in [-0.3, -0.25) is 4.57 Å². The Labute approximate surface area is 113 Å². The predicted octanol–water partition coefficient (Wildman–Crippen LogP) is 1.95. The molecule has 20 heavy (non-hydrogen) atoms. The first-order chi connectivity index (χ1) is 9.66. The first kappa shape index (κ1) is 13.1. The van der Waals surface area contributed by atoms with Gasteiger partial charge in [0.1, 0.15) is 11.9 Å². The van der Waals surface area contributed by atoms with Crippen molar-refractivity contribution in [1.82, 2.24) is 14.9 Å². The molecule has 3 rings (SSSR count). The van der Waals surface area contributed by atoms with Gasteiger partial charge in [0.15, 0.2) is 11.6 Å². The Balaban J connectivity index is 2.05.